The molecular weight excluding hydrogens is 351 g/mol. The highest BCUT2D eigenvalue weighted by Gasteiger charge is 2.16. The Morgan fingerprint density at radius 2 is 2.12 bits per heavy atom. The van der Waals surface area contributed by atoms with E-state index in [4.69, 9.17) is 0 Å². The molecule has 0 heterocycles. The van der Waals surface area contributed by atoms with Gasteiger partial charge in [0.1, 0.15) is 11.6 Å². The smallest absolute Gasteiger partial charge is 0.146 e. The van der Waals surface area contributed by atoms with Gasteiger partial charge >= 0.3 is 0 Å². The lowest BCUT2D eigenvalue weighted by molar-refractivity contribution is -0.118. The number of benzene rings is 1. The molecule has 0 N–H and O–H groups in total. The summed E-state index contributed by atoms with van der Waals surface area (Å²) in [5.41, 5.74) is 1.86. The van der Waals surface area contributed by atoms with Gasteiger partial charge in [-0.25, -0.2) is 4.39 Å². The molecule has 0 aliphatic carbocycles. The van der Waals surface area contributed by atoms with Crippen LogP contribution in [0.15, 0.2) is 16.6 Å². The second-order valence-electron chi connectivity index (χ2n) is 4.08. The number of alkyl halides is 1. The molecule has 0 amide bonds. The molecule has 0 fully saturated rings. The molecule has 1 unspecified atom stereocenters. The van der Waals surface area contributed by atoms with Crippen LogP contribution in [0.5, 0.6) is 0 Å². The minimum absolute atomic E-state index is 0.182. The van der Waals surface area contributed by atoms with Crippen molar-refractivity contribution in [2.45, 2.75) is 37.9 Å². The highest BCUT2D eigenvalue weighted by Crippen LogP contribution is 2.23. The Morgan fingerprint density at radius 1 is 1.47 bits per heavy atom. The van der Waals surface area contributed by atoms with Crippen molar-refractivity contribution in [3.05, 3.63) is 33.5 Å². The van der Waals surface area contributed by atoms with Crippen LogP contribution in [0.4, 0.5) is 4.39 Å². The molecule has 17 heavy (non-hydrogen) atoms. The quantitative estimate of drug-likeness (QED) is 0.698. The van der Waals surface area contributed by atoms with Crippen molar-refractivity contribution >= 4 is 37.6 Å². The van der Waals surface area contributed by atoms with Gasteiger partial charge in [-0.15, -0.1) is 0 Å². The van der Waals surface area contributed by atoms with Gasteiger partial charge in [-0.1, -0.05) is 22.9 Å². The first kappa shape index (κ1) is 14.8. The molecule has 0 bridgehead atoms. The van der Waals surface area contributed by atoms with Crippen molar-refractivity contribution in [1.82, 2.24) is 0 Å². The molecule has 1 rings (SSSR count). The van der Waals surface area contributed by atoms with E-state index in [0.717, 1.165) is 17.5 Å². The van der Waals surface area contributed by atoms with Crippen LogP contribution in [-0.2, 0) is 11.2 Å². The van der Waals surface area contributed by atoms with Crippen molar-refractivity contribution in [2.24, 2.45) is 0 Å². The summed E-state index contributed by atoms with van der Waals surface area (Å²) in [5.74, 6) is -0.0652. The fraction of sp³-hybridized carbons (Fsp3) is 0.462. The zero-order valence-electron chi connectivity index (χ0n) is 9.90. The molecule has 0 saturated heterocycles. The third-order valence-electron chi connectivity index (χ3n) is 2.62. The van der Waals surface area contributed by atoms with E-state index in [2.05, 4.69) is 31.9 Å². The van der Waals surface area contributed by atoms with Crippen LogP contribution in [0.25, 0.3) is 0 Å². The van der Waals surface area contributed by atoms with Gasteiger partial charge in [0.15, 0.2) is 0 Å². The van der Waals surface area contributed by atoms with Crippen LogP contribution < -0.4 is 0 Å². The van der Waals surface area contributed by atoms with Gasteiger partial charge in [0, 0.05) is 6.42 Å². The molecule has 1 aromatic rings. The van der Waals surface area contributed by atoms with Gasteiger partial charge in [-0.05, 0) is 59.0 Å². The van der Waals surface area contributed by atoms with Gasteiger partial charge in [-0.2, -0.15) is 0 Å². The minimum atomic E-state index is -0.266. The van der Waals surface area contributed by atoms with Crippen molar-refractivity contribution < 1.29 is 9.18 Å². The van der Waals surface area contributed by atoms with E-state index in [1.54, 1.807) is 6.07 Å². The Hall–Kier alpha value is -0.220. The van der Waals surface area contributed by atoms with Crippen molar-refractivity contribution in [2.75, 3.05) is 0 Å². The molecule has 0 aliphatic rings. The topological polar surface area (TPSA) is 17.1 Å². The number of carbonyl (C=O) groups is 1. The monoisotopic (exact) mass is 364 g/mol. The Balaban J connectivity index is 2.81. The third kappa shape index (κ3) is 4.18. The Labute approximate surface area is 118 Å². The van der Waals surface area contributed by atoms with Crippen molar-refractivity contribution in [3.8, 4) is 0 Å². The zero-order valence-corrected chi connectivity index (χ0v) is 13.1. The Kier molecular flexibility index (Phi) is 5.80. The maximum absolute atomic E-state index is 13.3. The molecule has 4 heteroatoms. The lowest BCUT2D eigenvalue weighted by Gasteiger charge is -2.11. The first-order chi connectivity index (χ1) is 7.95. The number of halogens is 3. The molecule has 0 saturated carbocycles. The first-order valence-electron chi connectivity index (χ1n) is 5.57. The van der Waals surface area contributed by atoms with E-state index in [9.17, 15) is 9.18 Å². The summed E-state index contributed by atoms with van der Waals surface area (Å²) in [7, 11) is 0. The number of aryl methyl sites for hydroxylation is 1. The summed E-state index contributed by atoms with van der Waals surface area (Å²) in [4.78, 5) is 11.5. The predicted molar refractivity (Wildman–Crippen MR) is 75.2 cm³/mol. The number of hydrogen-bond acceptors (Lipinski definition) is 1. The number of ketones is 1. The largest absolute Gasteiger partial charge is 0.298 e. The zero-order chi connectivity index (χ0) is 13.0. The van der Waals surface area contributed by atoms with Gasteiger partial charge in [0.25, 0.3) is 0 Å². The average Bonchev–Trinajstić information content (AvgIpc) is 2.26. The van der Waals surface area contributed by atoms with E-state index in [-0.39, 0.29) is 16.4 Å². The lowest BCUT2D eigenvalue weighted by atomic mass is 10.0. The van der Waals surface area contributed by atoms with Crippen LogP contribution in [0.3, 0.4) is 0 Å². The Morgan fingerprint density at radius 3 is 2.71 bits per heavy atom. The number of carbonyl (C=O) groups excluding carboxylic acids is 1. The van der Waals surface area contributed by atoms with E-state index in [0.29, 0.717) is 17.3 Å². The summed E-state index contributed by atoms with van der Waals surface area (Å²) < 4.78 is 13.7. The summed E-state index contributed by atoms with van der Waals surface area (Å²) in [5, 5.41) is 0. The van der Waals surface area contributed by atoms with E-state index >= 15 is 0 Å². The van der Waals surface area contributed by atoms with Crippen molar-refractivity contribution in [1.29, 1.82) is 0 Å². The molecule has 1 aromatic carbocycles. The molecule has 0 spiro atoms. The molecule has 0 aromatic heterocycles. The fourth-order valence-electron chi connectivity index (χ4n) is 1.62. The third-order valence-corrected chi connectivity index (χ3v) is 4.07. The molecule has 0 aliphatic heterocycles. The van der Waals surface area contributed by atoms with Crippen LogP contribution in [0.1, 0.15) is 30.9 Å². The van der Waals surface area contributed by atoms with Gasteiger partial charge < -0.3 is 0 Å². The average molecular weight is 366 g/mol. The molecule has 1 nitrogen and oxygen atoms in total. The highest BCUT2D eigenvalue weighted by atomic mass is 79.9. The van der Waals surface area contributed by atoms with E-state index < -0.39 is 0 Å². The molecular formula is C13H15Br2FO. The highest BCUT2D eigenvalue weighted by molar-refractivity contribution is 9.10. The summed E-state index contributed by atoms with van der Waals surface area (Å²) in [6.45, 7) is 3.84. The fourth-order valence-corrected chi connectivity index (χ4v) is 2.59. The second-order valence-corrected chi connectivity index (χ2v) is 6.04. The Bertz CT molecular complexity index is 418. The van der Waals surface area contributed by atoms with Crippen LogP contribution in [-0.4, -0.2) is 10.6 Å². The van der Waals surface area contributed by atoms with Gasteiger partial charge in [0.2, 0.25) is 0 Å². The maximum atomic E-state index is 13.3. The van der Waals surface area contributed by atoms with Gasteiger partial charge in [-0.3, -0.25) is 4.79 Å². The summed E-state index contributed by atoms with van der Waals surface area (Å²) in [6, 6.07) is 3.24. The molecule has 0 radical (unpaired) electrons. The van der Waals surface area contributed by atoms with Crippen LogP contribution in [0, 0.1) is 12.7 Å². The molecule has 94 valence electrons. The first-order valence-corrected chi connectivity index (χ1v) is 7.27. The normalized spacial score (nSPS) is 12.5. The second kappa shape index (κ2) is 6.64. The van der Waals surface area contributed by atoms with Crippen LogP contribution >= 0.6 is 31.9 Å². The van der Waals surface area contributed by atoms with E-state index in [1.165, 1.54) is 6.07 Å². The standard InChI is InChI=1S/C13H15Br2FO/c1-3-4-13(17)11(15)7-9-6-10(14)12(16)5-8(9)2/h5-6,11H,3-4,7H2,1-2H3. The summed E-state index contributed by atoms with van der Waals surface area (Å²) >= 11 is 6.56. The van der Waals surface area contributed by atoms with Crippen molar-refractivity contribution in [3.63, 3.8) is 0 Å². The lowest BCUT2D eigenvalue weighted by Crippen LogP contribution is -2.16. The summed E-state index contributed by atoms with van der Waals surface area (Å²) in [6.07, 6.45) is 2.04. The molecule has 1 atom stereocenters. The van der Waals surface area contributed by atoms with Gasteiger partial charge in [0.05, 0.1) is 9.30 Å². The SMILES string of the molecule is CCCC(=O)C(Br)Cc1cc(Br)c(F)cc1C. The predicted octanol–water partition coefficient (Wildman–Crippen LogP) is 4.57. The number of hydrogen-bond donors (Lipinski definition) is 0. The minimum Gasteiger partial charge on any atom is -0.298 e. The number of rotatable bonds is 5. The van der Waals surface area contributed by atoms with Crippen LogP contribution in [0.2, 0.25) is 0 Å². The van der Waals surface area contributed by atoms with E-state index in [1.807, 2.05) is 13.8 Å². The maximum Gasteiger partial charge on any atom is 0.146 e. The number of Topliss-reactive ketones (excluding diaryl/α,β-unsaturated/α-hetero) is 1.